The zero-order chi connectivity index (χ0) is 12.5. The van der Waals surface area contributed by atoms with Gasteiger partial charge in [0.2, 0.25) is 5.91 Å². The lowest BCUT2D eigenvalue weighted by Gasteiger charge is -2.18. The van der Waals surface area contributed by atoms with Crippen LogP contribution in [0, 0.1) is 0 Å². The van der Waals surface area contributed by atoms with Gasteiger partial charge in [0.25, 0.3) is 0 Å². The van der Waals surface area contributed by atoms with Crippen LogP contribution in [0.2, 0.25) is 0 Å². The molecule has 1 amide bonds. The molecule has 0 fully saturated rings. The van der Waals surface area contributed by atoms with Gasteiger partial charge in [0.05, 0.1) is 6.61 Å². The van der Waals surface area contributed by atoms with Crippen LogP contribution in [-0.4, -0.2) is 30.5 Å². The second kappa shape index (κ2) is 7.49. The summed E-state index contributed by atoms with van der Waals surface area (Å²) in [4.78, 5) is 13.0. The van der Waals surface area contributed by atoms with Crippen LogP contribution in [-0.2, 0) is 4.79 Å². The molecule has 3 heteroatoms. The van der Waals surface area contributed by atoms with E-state index in [9.17, 15) is 4.79 Å². The fraction of sp³-hybridized carbons (Fsp3) is 0.357. The van der Waals surface area contributed by atoms with Gasteiger partial charge >= 0.3 is 0 Å². The molecule has 0 N–H and O–H groups in total. The fourth-order valence-electron chi connectivity index (χ4n) is 1.50. The van der Waals surface area contributed by atoms with Gasteiger partial charge in [-0.1, -0.05) is 24.3 Å². The van der Waals surface area contributed by atoms with Crippen molar-refractivity contribution in [3.63, 3.8) is 0 Å². The van der Waals surface area contributed by atoms with Gasteiger partial charge in [-0.25, -0.2) is 0 Å². The highest BCUT2D eigenvalue weighted by Gasteiger charge is 2.05. The van der Waals surface area contributed by atoms with Crippen molar-refractivity contribution in [1.82, 2.24) is 4.90 Å². The summed E-state index contributed by atoms with van der Waals surface area (Å²) in [5, 5.41) is 0. The Morgan fingerprint density at radius 2 is 2.12 bits per heavy atom. The molecule has 0 atom stereocenters. The van der Waals surface area contributed by atoms with Crippen LogP contribution in [0.1, 0.15) is 13.3 Å². The number of hydrogen-bond donors (Lipinski definition) is 0. The van der Waals surface area contributed by atoms with Crippen molar-refractivity contribution in [3.8, 4) is 5.75 Å². The largest absolute Gasteiger partial charge is 0.494 e. The first-order chi connectivity index (χ1) is 8.24. The molecule has 0 bridgehead atoms. The molecule has 0 aromatic heterocycles. The molecular weight excluding hydrogens is 214 g/mol. The first-order valence-corrected chi connectivity index (χ1v) is 5.78. The van der Waals surface area contributed by atoms with Crippen LogP contribution in [0.3, 0.4) is 0 Å². The van der Waals surface area contributed by atoms with E-state index < -0.39 is 0 Å². The van der Waals surface area contributed by atoms with Crippen LogP contribution in [0.25, 0.3) is 0 Å². The Morgan fingerprint density at radius 1 is 1.41 bits per heavy atom. The highest BCUT2D eigenvalue weighted by molar-refractivity contribution is 5.73. The van der Waals surface area contributed by atoms with E-state index in [1.165, 1.54) is 0 Å². The van der Waals surface area contributed by atoms with Gasteiger partial charge in [-0.05, 0) is 18.6 Å². The lowest BCUT2D eigenvalue weighted by Crippen LogP contribution is -2.30. The SMILES string of the molecule is C=CCN(CCCOc1ccccc1)C(C)=O. The first-order valence-electron chi connectivity index (χ1n) is 5.78. The van der Waals surface area contributed by atoms with Crippen LogP contribution in [0.4, 0.5) is 0 Å². The molecule has 0 radical (unpaired) electrons. The van der Waals surface area contributed by atoms with Crippen molar-refractivity contribution in [3.05, 3.63) is 43.0 Å². The highest BCUT2D eigenvalue weighted by Crippen LogP contribution is 2.08. The molecule has 0 unspecified atom stereocenters. The number of amides is 1. The number of hydrogen-bond acceptors (Lipinski definition) is 2. The van der Waals surface area contributed by atoms with E-state index in [1.54, 1.807) is 17.9 Å². The quantitative estimate of drug-likeness (QED) is 0.535. The summed E-state index contributed by atoms with van der Waals surface area (Å²) in [5.74, 6) is 0.940. The van der Waals surface area contributed by atoms with Gasteiger partial charge in [0.1, 0.15) is 5.75 Å². The van der Waals surface area contributed by atoms with E-state index in [0.29, 0.717) is 19.7 Å². The smallest absolute Gasteiger partial charge is 0.219 e. The standard InChI is InChI=1S/C14H19NO2/c1-3-10-15(13(2)16)11-7-12-17-14-8-5-4-6-9-14/h3-6,8-9H,1,7,10-12H2,2H3. The normalized spacial score (nSPS) is 9.71. The third-order valence-electron chi connectivity index (χ3n) is 2.38. The van der Waals surface area contributed by atoms with E-state index >= 15 is 0 Å². The van der Waals surface area contributed by atoms with E-state index in [2.05, 4.69) is 6.58 Å². The maximum absolute atomic E-state index is 11.2. The van der Waals surface area contributed by atoms with Gasteiger partial charge in [-0.2, -0.15) is 0 Å². The number of ether oxygens (including phenoxy) is 1. The summed E-state index contributed by atoms with van der Waals surface area (Å²) < 4.78 is 5.55. The molecule has 17 heavy (non-hydrogen) atoms. The van der Waals surface area contributed by atoms with Gasteiger partial charge in [0, 0.05) is 20.0 Å². The molecule has 0 heterocycles. The Hall–Kier alpha value is -1.77. The minimum Gasteiger partial charge on any atom is -0.494 e. The molecular formula is C14H19NO2. The van der Waals surface area contributed by atoms with E-state index in [-0.39, 0.29) is 5.91 Å². The van der Waals surface area contributed by atoms with Crippen LogP contribution in [0.5, 0.6) is 5.75 Å². The van der Waals surface area contributed by atoms with Gasteiger partial charge in [0.15, 0.2) is 0 Å². The zero-order valence-corrected chi connectivity index (χ0v) is 10.3. The number of benzene rings is 1. The summed E-state index contributed by atoms with van der Waals surface area (Å²) in [5.41, 5.74) is 0. The summed E-state index contributed by atoms with van der Waals surface area (Å²) in [7, 11) is 0. The molecule has 0 saturated carbocycles. The monoisotopic (exact) mass is 233 g/mol. The second-order valence-corrected chi connectivity index (χ2v) is 3.77. The zero-order valence-electron chi connectivity index (χ0n) is 10.3. The fourth-order valence-corrected chi connectivity index (χ4v) is 1.50. The number of para-hydroxylation sites is 1. The Kier molecular flexibility index (Phi) is 5.86. The topological polar surface area (TPSA) is 29.5 Å². The molecule has 0 aliphatic carbocycles. The van der Waals surface area contributed by atoms with E-state index in [4.69, 9.17) is 4.74 Å². The Balaban J connectivity index is 2.23. The van der Waals surface area contributed by atoms with Crippen molar-refractivity contribution in [2.24, 2.45) is 0 Å². The maximum atomic E-state index is 11.2. The van der Waals surface area contributed by atoms with Crippen molar-refractivity contribution >= 4 is 5.91 Å². The maximum Gasteiger partial charge on any atom is 0.219 e. The van der Waals surface area contributed by atoms with Crippen LogP contribution in [0.15, 0.2) is 43.0 Å². The minimum absolute atomic E-state index is 0.0737. The van der Waals surface area contributed by atoms with Gasteiger partial charge in [-0.15, -0.1) is 6.58 Å². The predicted octanol–water partition coefficient (Wildman–Crippen LogP) is 2.49. The summed E-state index contributed by atoms with van der Waals surface area (Å²) in [6, 6.07) is 9.68. The summed E-state index contributed by atoms with van der Waals surface area (Å²) in [6.07, 6.45) is 2.56. The molecule has 1 rings (SSSR count). The Bertz CT molecular complexity index is 348. The molecule has 0 saturated heterocycles. The Labute approximate surface area is 103 Å². The molecule has 1 aromatic rings. The van der Waals surface area contributed by atoms with Crippen LogP contribution >= 0.6 is 0 Å². The van der Waals surface area contributed by atoms with Crippen molar-refractivity contribution in [2.75, 3.05) is 19.7 Å². The van der Waals surface area contributed by atoms with Crippen LogP contribution < -0.4 is 4.74 Å². The van der Waals surface area contributed by atoms with Crippen molar-refractivity contribution in [2.45, 2.75) is 13.3 Å². The highest BCUT2D eigenvalue weighted by atomic mass is 16.5. The summed E-state index contributed by atoms with van der Waals surface area (Å²) >= 11 is 0. The van der Waals surface area contributed by atoms with Crippen molar-refractivity contribution < 1.29 is 9.53 Å². The molecule has 0 spiro atoms. The summed E-state index contributed by atoms with van der Waals surface area (Å²) in [6.45, 7) is 7.12. The molecule has 0 aliphatic heterocycles. The third kappa shape index (κ3) is 5.20. The predicted molar refractivity (Wildman–Crippen MR) is 69.0 cm³/mol. The van der Waals surface area contributed by atoms with Gasteiger partial charge in [-0.3, -0.25) is 4.79 Å². The average molecular weight is 233 g/mol. The van der Waals surface area contributed by atoms with E-state index in [1.807, 2.05) is 30.3 Å². The first kappa shape index (κ1) is 13.3. The second-order valence-electron chi connectivity index (χ2n) is 3.77. The van der Waals surface area contributed by atoms with E-state index in [0.717, 1.165) is 12.2 Å². The number of rotatable bonds is 7. The van der Waals surface area contributed by atoms with Gasteiger partial charge < -0.3 is 9.64 Å². The molecule has 0 aliphatic rings. The third-order valence-corrected chi connectivity index (χ3v) is 2.38. The number of nitrogens with zero attached hydrogens (tertiary/aromatic N) is 1. The van der Waals surface area contributed by atoms with Crippen molar-refractivity contribution in [1.29, 1.82) is 0 Å². The molecule has 1 aromatic carbocycles. The Morgan fingerprint density at radius 3 is 2.71 bits per heavy atom. The minimum atomic E-state index is 0.0737. The lowest BCUT2D eigenvalue weighted by atomic mass is 10.3. The molecule has 92 valence electrons. The molecule has 3 nitrogen and oxygen atoms in total. The number of carbonyl (C=O) groups is 1. The lowest BCUT2D eigenvalue weighted by molar-refractivity contribution is -0.128. The average Bonchev–Trinajstić information content (AvgIpc) is 2.34. The number of carbonyl (C=O) groups excluding carboxylic acids is 1.